The van der Waals surface area contributed by atoms with Crippen molar-refractivity contribution in [1.29, 1.82) is 0 Å². The smallest absolute Gasteiger partial charge is 0.357 e. The molecule has 0 aliphatic heterocycles. The van der Waals surface area contributed by atoms with Gasteiger partial charge in [-0.25, -0.2) is 4.89 Å². The Morgan fingerprint density at radius 1 is 1.47 bits per heavy atom. The minimum Gasteiger partial charge on any atom is -0.480 e. The van der Waals surface area contributed by atoms with Gasteiger partial charge in [-0.3, -0.25) is 9.36 Å². The third-order valence-corrected chi connectivity index (χ3v) is 3.70. The Hall–Kier alpha value is -0.460. The molecule has 102 valence electrons. The summed E-state index contributed by atoms with van der Waals surface area (Å²) < 4.78 is 21.3. The highest BCUT2D eigenvalue weighted by molar-refractivity contribution is 7.53. The third-order valence-electron chi connectivity index (χ3n) is 2.00. The van der Waals surface area contributed by atoms with Crippen LogP contribution in [0.2, 0.25) is 0 Å². The van der Waals surface area contributed by atoms with E-state index in [-0.39, 0.29) is 19.2 Å². The third kappa shape index (κ3) is 6.75. The van der Waals surface area contributed by atoms with Crippen LogP contribution in [0.1, 0.15) is 20.3 Å². The predicted molar refractivity (Wildman–Crippen MR) is 61.9 cm³/mol. The van der Waals surface area contributed by atoms with Gasteiger partial charge in [0.05, 0.1) is 12.8 Å². The average molecular weight is 269 g/mol. The van der Waals surface area contributed by atoms with Crippen LogP contribution in [-0.2, 0) is 23.4 Å². The summed E-state index contributed by atoms with van der Waals surface area (Å²) in [5.74, 6) is -0.995. The lowest BCUT2D eigenvalue weighted by molar-refractivity contribution is -0.209. The Balaban J connectivity index is 4.27. The molecule has 1 unspecified atom stereocenters. The summed E-state index contributed by atoms with van der Waals surface area (Å²) in [6.07, 6.45) is 0.120. The van der Waals surface area contributed by atoms with Gasteiger partial charge in [0.25, 0.3) is 0 Å². The average Bonchev–Trinajstić information content (AvgIpc) is 2.31. The molecule has 0 spiro atoms. The van der Waals surface area contributed by atoms with Crippen LogP contribution in [0.4, 0.5) is 0 Å². The molecule has 0 amide bonds. The minimum atomic E-state index is -3.36. The zero-order valence-electron chi connectivity index (χ0n) is 10.3. The maximum Gasteiger partial charge on any atom is 0.357 e. The van der Waals surface area contributed by atoms with E-state index in [1.807, 2.05) is 0 Å². The summed E-state index contributed by atoms with van der Waals surface area (Å²) in [6.45, 7) is 4.23. The molecule has 0 saturated carbocycles. The molecule has 0 bridgehead atoms. The Labute approximate surface area is 101 Å². The number of carboxylic acids is 1. The summed E-state index contributed by atoms with van der Waals surface area (Å²) in [6, 6.07) is -0.770. The molecule has 0 radical (unpaired) electrons. The van der Waals surface area contributed by atoms with Gasteiger partial charge in [-0.05, 0) is 19.9 Å². The summed E-state index contributed by atoms with van der Waals surface area (Å²) in [5.41, 5.74) is 0. The van der Waals surface area contributed by atoms with E-state index in [0.717, 1.165) is 0 Å². The van der Waals surface area contributed by atoms with Crippen molar-refractivity contribution in [2.24, 2.45) is 0 Å². The minimum absolute atomic E-state index is 0.0204. The second-order valence-corrected chi connectivity index (χ2v) is 5.42. The van der Waals surface area contributed by atoms with Crippen molar-refractivity contribution in [3.8, 4) is 0 Å². The molecule has 0 aromatic carbocycles. The second kappa shape index (κ2) is 8.60. The van der Waals surface area contributed by atoms with Crippen molar-refractivity contribution in [1.82, 2.24) is 5.32 Å². The summed E-state index contributed by atoms with van der Waals surface area (Å²) in [4.78, 5) is 15.4. The Morgan fingerprint density at radius 2 is 2.12 bits per heavy atom. The van der Waals surface area contributed by atoms with Crippen molar-refractivity contribution in [3.63, 3.8) is 0 Å². The number of carboxylic acid groups (broad SMARTS) is 1. The molecule has 0 fully saturated rings. The maximum atomic E-state index is 11.9. The normalized spacial score (nSPS) is 16.4. The largest absolute Gasteiger partial charge is 0.480 e. The quantitative estimate of drug-likeness (QED) is 0.350. The number of nitrogens with one attached hydrogen (secondary N) is 1. The molecule has 0 saturated heterocycles. The molecule has 0 rings (SSSR count). The highest BCUT2D eigenvalue weighted by Gasteiger charge is 2.28. The molecule has 0 heterocycles. The van der Waals surface area contributed by atoms with Crippen LogP contribution in [0.15, 0.2) is 0 Å². The lowest BCUT2D eigenvalue weighted by atomic mass is 10.2. The molecule has 0 aliphatic rings. The fraction of sp³-hybridized carbons (Fsp3) is 0.889. The zero-order valence-corrected chi connectivity index (χ0v) is 11.2. The van der Waals surface area contributed by atoms with Gasteiger partial charge in [0, 0.05) is 7.11 Å². The highest BCUT2D eigenvalue weighted by Crippen LogP contribution is 2.48. The van der Waals surface area contributed by atoms with Crippen molar-refractivity contribution in [2.45, 2.75) is 26.3 Å². The van der Waals surface area contributed by atoms with Crippen LogP contribution in [0.25, 0.3) is 0 Å². The van der Waals surface area contributed by atoms with Gasteiger partial charge in [0.15, 0.2) is 0 Å². The molecule has 2 N–H and O–H groups in total. The molecular formula is C9H20NO6P. The fourth-order valence-corrected chi connectivity index (χ4v) is 2.30. The zero-order chi connectivity index (χ0) is 13.3. The van der Waals surface area contributed by atoms with Crippen LogP contribution in [0, 0.1) is 0 Å². The highest BCUT2D eigenvalue weighted by atomic mass is 31.2. The number of aliphatic carboxylic acids is 1. The lowest BCUT2D eigenvalue weighted by Crippen LogP contribution is -2.37. The summed E-state index contributed by atoms with van der Waals surface area (Å²) in [7, 11) is -2.12. The first-order valence-electron chi connectivity index (χ1n) is 5.41. The van der Waals surface area contributed by atoms with E-state index in [2.05, 4.69) is 14.9 Å². The van der Waals surface area contributed by atoms with Crippen molar-refractivity contribution in [2.75, 3.05) is 26.4 Å². The first-order valence-corrected chi connectivity index (χ1v) is 7.14. The van der Waals surface area contributed by atoms with Crippen molar-refractivity contribution < 1.29 is 28.6 Å². The van der Waals surface area contributed by atoms with Gasteiger partial charge in [0.2, 0.25) is 0 Å². The SMILES string of the molecule is CCN[C@@H](CCP(=O)(OC)OOCC)C(=O)O. The molecule has 0 aromatic rings. The van der Waals surface area contributed by atoms with E-state index in [1.54, 1.807) is 13.8 Å². The summed E-state index contributed by atoms with van der Waals surface area (Å²) in [5, 5.41) is 11.6. The van der Waals surface area contributed by atoms with Crippen LogP contribution in [-0.4, -0.2) is 43.5 Å². The van der Waals surface area contributed by atoms with Crippen LogP contribution in [0.3, 0.4) is 0 Å². The molecule has 7 nitrogen and oxygen atoms in total. The van der Waals surface area contributed by atoms with E-state index >= 15 is 0 Å². The van der Waals surface area contributed by atoms with Gasteiger partial charge >= 0.3 is 13.6 Å². The first kappa shape index (κ1) is 16.5. The molecule has 0 aliphatic carbocycles. The van der Waals surface area contributed by atoms with E-state index in [1.165, 1.54) is 7.11 Å². The summed E-state index contributed by atoms with van der Waals surface area (Å²) >= 11 is 0. The van der Waals surface area contributed by atoms with Gasteiger partial charge < -0.3 is 14.9 Å². The first-order chi connectivity index (χ1) is 7.99. The van der Waals surface area contributed by atoms with Crippen LogP contribution < -0.4 is 5.32 Å². The van der Waals surface area contributed by atoms with Gasteiger partial charge in [-0.1, -0.05) is 6.92 Å². The van der Waals surface area contributed by atoms with Crippen LogP contribution >= 0.6 is 7.60 Å². The maximum absolute atomic E-state index is 11.9. The molecule has 8 heteroatoms. The van der Waals surface area contributed by atoms with E-state index < -0.39 is 19.6 Å². The topological polar surface area (TPSA) is 94.1 Å². The van der Waals surface area contributed by atoms with Crippen molar-refractivity contribution >= 4 is 13.6 Å². The number of hydrogen-bond donors (Lipinski definition) is 2. The number of carbonyl (C=O) groups is 1. The monoisotopic (exact) mass is 269 g/mol. The Kier molecular flexibility index (Phi) is 8.37. The predicted octanol–water partition coefficient (Wildman–Crippen LogP) is 1.25. The number of hydrogen-bond acceptors (Lipinski definition) is 6. The number of likely N-dealkylation sites (N-methyl/N-ethyl adjacent to an activating group) is 1. The lowest BCUT2D eigenvalue weighted by Gasteiger charge is -2.17. The molecule has 0 aromatic heterocycles. The van der Waals surface area contributed by atoms with Gasteiger partial charge in [0.1, 0.15) is 6.04 Å². The van der Waals surface area contributed by atoms with Crippen molar-refractivity contribution in [3.05, 3.63) is 0 Å². The van der Waals surface area contributed by atoms with E-state index in [9.17, 15) is 9.36 Å². The van der Waals surface area contributed by atoms with E-state index in [0.29, 0.717) is 6.54 Å². The standard InChI is InChI=1S/C9H20NO6P/c1-4-10-8(9(11)12)6-7-17(13,14-3)16-15-5-2/h8,10H,4-7H2,1-3H3,(H,11,12)/t8-,17?/m0/s1. The molecule has 2 atom stereocenters. The molecular weight excluding hydrogens is 249 g/mol. The number of rotatable bonds is 10. The Bertz CT molecular complexity index is 272. The van der Waals surface area contributed by atoms with Gasteiger partial charge in [-0.2, -0.15) is 0 Å². The fourth-order valence-electron chi connectivity index (χ4n) is 1.14. The van der Waals surface area contributed by atoms with Crippen LogP contribution in [0.5, 0.6) is 0 Å². The van der Waals surface area contributed by atoms with Gasteiger partial charge in [-0.15, -0.1) is 4.67 Å². The molecule has 17 heavy (non-hydrogen) atoms. The Morgan fingerprint density at radius 3 is 2.53 bits per heavy atom. The van der Waals surface area contributed by atoms with E-state index in [4.69, 9.17) is 9.63 Å². The second-order valence-electron chi connectivity index (χ2n) is 3.24.